The summed E-state index contributed by atoms with van der Waals surface area (Å²) in [5, 5.41) is 3.14. The first-order valence-corrected chi connectivity index (χ1v) is 4.56. The molecule has 0 amide bonds. The van der Waals surface area contributed by atoms with Crippen LogP contribution in [0, 0.1) is 5.92 Å². The Morgan fingerprint density at radius 3 is 3.00 bits per heavy atom. The summed E-state index contributed by atoms with van der Waals surface area (Å²) in [4.78, 5) is 8.14. The lowest BCUT2D eigenvalue weighted by molar-refractivity contribution is 0.396. The molecule has 0 aliphatic heterocycles. The standard InChI is InChI=1S/C9H16N4O/c1-7(3-10)4-12-8-5-11-6-9(13-8)14-2/h5-7H,3-4,10H2,1-2H3,(H,12,13). The Bertz CT molecular complexity index is 279. The van der Waals surface area contributed by atoms with E-state index in [1.807, 2.05) is 0 Å². The number of rotatable bonds is 5. The number of aromatic nitrogens is 2. The summed E-state index contributed by atoms with van der Waals surface area (Å²) in [6, 6.07) is 0. The van der Waals surface area contributed by atoms with Crippen LogP contribution in [-0.4, -0.2) is 30.2 Å². The summed E-state index contributed by atoms with van der Waals surface area (Å²) >= 11 is 0. The first kappa shape index (κ1) is 10.7. The second kappa shape index (κ2) is 5.39. The maximum absolute atomic E-state index is 5.49. The lowest BCUT2D eigenvalue weighted by Gasteiger charge is -2.10. The van der Waals surface area contributed by atoms with Gasteiger partial charge in [-0.2, -0.15) is 4.98 Å². The van der Waals surface area contributed by atoms with E-state index < -0.39 is 0 Å². The van der Waals surface area contributed by atoms with Crippen molar-refractivity contribution in [1.29, 1.82) is 0 Å². The Balaban J connectivity index is 2.50. The molecule has 1 unspecified atom stereocenters. The number of anilines is 1. The van der Waals surface area contributed by atoms with Crippen molar-refractivity contribution in [2.45, 2.75) is 6.92 Å². The summed E-state index contributed by atoms with van der Waals surface area (Å²) in [5.74, 6) is 1.64. The summed E-state index contributed by atoms with van der Waals surface area (Å²) in [6.45, 7) is 3.52. The Morgan fingerprint density at radius 1 is 1.57 bits per heavy atom. The molecule has 5 nitrogen and oxygen atoms in total. The topological polar surface area (TPSA) is 73.1 Å². The molecule has 0 radical (unpaired) electrons. The zero-order valence-electron chi connectivity index (χ0n) is 8.53. The molecule has 0 saturated heterocycles. The number of nitrogens with two attached hydrogens (primary N) is 1. The van der Waals surface area contributed by atoms with Crippen molar-refractivity contribution < 1.29 is 4.74 Å². The van der Waals surface area contributed by atoms with E-state index in [2.05, 4.69) is 22.2 Å². The predicted octanol–water partition coefficient (Wildman–Crippen LogP) is 0.492. The third-order valence-corrected chi connectivity index (χ3v) is 1.86. The van der Waals surface area contributed by atoms with E-state index in [4.69, 9.17) is 10.5 Å². The van der Waals surface area contributed by atoms with Crippen molar-refractivity contribution in [2.24, 2.45) is 11.7 Å². The highest BCUT2D eigenvalue weighted by Gasteiger charge is 2.01. The van der Waals surface area contributed by atoms with E-state index in [-0.39, 0.29) is 0 Å². The summed E-state index contributed by atoms with van der Waals surface area (Å²) in [6.07, 6.45) is 3.23. The van der Waals surface area contributed by atoms with Gasteiger partial charge in [0.25, 0.3) is 0 Å². The van der Waals surface area contributed by atoms with Crippen LogP contribution in [0.2, 0.25) is 0 Å². The van der Waals surface area contributed by atoms with Gasteiger partial charge in [0.1, 0.15) is 5.82 Å². The first-order chi connectivity index (χ1) is 6.76. The molecule has 3 N–H and O–H groups in total. The van der Waals surface area contributed by atoms with E-state index >= 15 is 0 Å². The van der Waals surface area contributed by atoms with Gasteiger partial charge >= 0.3 is 0 Å². The van der Waals surface area contributed by atoms with E-state index in [0.29, 0.717) is 24.2 Å². The first-order valence-electron chi connectivity index (χ1n) is 4.56. The van der Waals surface area contributed by atoms with Crippen molar-refractivity contribution >= 4 is 5.82 Å². The van der Waals surface area contributed by atoms with Crippen LogP contribution in [0.3, 0.4) is 0 Å². The van der Waals surface area contributed by atoms with Gasteiger partial charge in [0, 0.05) is 6.54 Å². The normalized spacial score (nSPS) is 12.2. The zero-order chi connectivity index (χ0) is 10.4. The number of ether oxygens (including phenoxy) is 1. The fraction of sp³-hybridized carbons (Fsp3) is 0.556. The molecular weight excluding hydrogens is 180 g/mol. The molecule has 1 atom stereocenters. The van der Waals surface area contributed by atoms with Crippen LogP contribution in [0.4, 0.5) is 5.82 Å². The molecule has 0 spiro atoms. The maximum Gasteiger partial charge on any atom is 0.233 e. The van der Waals surface area contributed by atoms with Gasteiger partial charge in [0.15, 0.2) is 0 Å². The number of hydrogen-bond donors (Lipinski definition) is 2. The van der Waals surface area contributed by atoms with Gasteiger partial charge in [0.05, 0.1) is 19.5 Å². The van der Waals surface area contributed by atoms with Gasteiger partial charge in [-0.15, -0.1) is 0 Å². The second-order valence-electron chi connectivity index (χ2n) is 3.17. The summed E-state index contributed by atoms with van der Waals surface area (Å²) in [5.41, 5.74) is 5.49. The van der Waals surface area contributed by atoms with Crippen LogP contribution >= 0.6 is 0 Å². The molecule has 14 heavy (non-hydrogen) atoms. The zero-order valence-corrected chi connectivity index (χ0v) is 8.53. The van der Waals surface area contributed by atoms with E-state index in [1.54, 1.807) is 19.5 Å². The van der Waals surface area contributed by atoms with Gasteiger partial charge in [-0.1, -0.05) is 6.92 Å². The summed E-state index contributed by atoms with van der Waals surface area (Å²) in [7, 11) is 1.57. The molecule has 0 aliphatic carbocycles. The predicted molar refractivity (Wildman–Crippen MR) is 55.3 cm³/mol. The molecule has 1 heterocycles. The minimum Gasteiger partial charge on any atom is -0.480 e. The highest BCUT2D eigenvalue weighted by atomic mass is 16.5. The fourth-order valence-corrected chi connectivity index (χ4v) is 0.894. The molecule has 5 heteroatoms. The maximum atomic E-state index is 5.49. The second-order valence-corrected chi connectivity index (χ2v) is 3.17. The van der Waals surface area contributed by atoms with Crippen LogP contribution in [-0.2, 0) is 0 Å². The van der Waals surface area contributed by atoms with Crippen molar-refractivity contribution in [3.63, 3.8) is 0 Å². The molecule has 1 aromatic heterocycles. The highest BCUT2D eigenvalue weighted by Crippen LogP contribution is 2.08. The summed E-state index contributed by atoms with van der Waals surface area (Å²) < 4.78 is 4.95. The van der Waals surface area contributed by atoms with Crippen LogP contribution in [0.25, 0.3) is 0 Å². The Morgan fingerprint density at radius 2 is 2.36 bits per heavy atom. The minimum absolute atomic E-state index is 0.419. The smallest absolute Gasteiger partial charge is 0.233 e. The Labute approximate surface area is 83.7 Å². The minimum atomic E-state index is 0.419. The molecule has 78 valence electrons. The fourth-order valence-electron chi connectivity index (χ4n) is 0.894. The molecular formula is C9H16N4O. The van der Waals surface area contributed by atoms with Gasteiger partial charge in [-0.05, 0) is 12.5 Å². The third kappa shape index (κ3) is 3.18. The van der Waals surface area contributed by atoms with Crippen molar-refractivity contribution in [3.8, 4) is 5.88 Å². The van der Waals surface area contributed by atoms with Crippen molar-refractivity contribution in [1.82, 2.24) is 9.97 Å². The Kier molecular flexibility index (Phi) is 4.12. The average Bonchev–Trinajstić information content (AvgIpc) is 2.26. The van der Waals surface area contributed by atoms with E-state index in [1.165, 1.54) is 0 Å². The van der Waals surface area contributed by atoms with Gasteiger partial charge in [0.2, 0.25) is 5.88 Å². The monoisotopic (exact) mass is 196 g/mol. The number of nitrogens with zero attached hydrogens (tertiary/aromatic N) is 2. The number of methoxy groups -OCH3 is 1. The van der Waals surface area contributed by atoms with E-state index in [9.17, 15) is 0 Å². The molecule has 1 aromatic rings. The van der Waals surface area contributed by atoms with Crippen molar-refractivity contribution in [3.05, 3.63) is 12.4 Å². The highest BCUT2D eigenvalue weighted by molar-refractivity contribution is 5.33. The number of hydrogen-bond acceptors (Lipinski definition) is 5. The third-order valence-electron chi connectivity index (χ3n) is 1.86. The van der Waals surface area contributed by atoms with Crippen LogP contribution in [0.5, 0.6) is 5.88 Å². The molecule has 0 saturated carbocycles. The van der Waals surface area contributed by atoms with Crippen LogP contribution in [0.15, 0.2) is 12.4 Å². The molecule has 1 rings (SSSR count). The largest absolute Gasteiger partial charge is 0.480 e. The lowest BCUT2D eigenvalue weighted by atomic mass is 10.2. The SMILES string of the molecule is COc1cncc(NCC(C)CN)n1. The number of nitrogens with one attached hydrogen (secondary N) is 1. The molecule has 0 aliphatic rings. The molecule has 0 aromatic carbocycles. The van der Waals surface area contributed by atoms with Crippen LogP contribution in [0.1, 0.15) is 6.92 Å². The molecule has 0 bridgehead atoms. The quantitative estimate of drug-likeness (QED) is 0.717. The van der Waals surface area contributed by atoms with Gasteiger partial charge < -0.3 is 15.8 Å². The van der Waals surface area contributed by atoms with Crippen molar-refractivity contribution in [2.75, 3.05) is 25.5 Å². The van der Waals surface area contributed by atoms with Gasteiger partial charge in [-0.25, -0.2) is 0 Å². The average molecular weight is 196 g/mol. The van der Waals surface area contributed by atoms with Gasteiger partial charge in [-0.3, -0.25) is 4.98 Å². The molecule has 0 fully saturated rings. The Hall–Kier alpha value is -1.36. The van der Waals surface area contributed by atoms with E-state index in [0.717, 1.165) is 6.54 Å². The van der Waals surface area contributed by atoms with Crippen LogP contribution < -0.4 is 15.8 Å². The lowest BCUT2D eigenvalue weighted by Crippen LogP contribution is -2.20.